The number of ether oxygens (including phenoxy) is 1. The number of hydrogen-bond acceptors (Lipinski definition) is 6. The zero-order valence-corrected chi connectivity index (χ0v) is 10.7. The Labute approximate surface area is 100 Å². The van der Waals surface area contributed by atoms with Crippen molar-refractivity contribution >= 4 is 7.82 Å². The van der Waals surface area contributed by atoms with Crippen LogP contribution in [0.5, 0.6) is 0 Å². The van der Waals surface area contributed by atoms with Gasteiger partial charge in [0.25, 0.3) is 0 Å². The highest BCUT2D eigenvalue weighted by molar-refractivity contribution is 7.46. The molecule has 17 heavy (non-hydrogen) atoms. The Morgan fingerprint density at radius 3 is 2.41 bits per heavy atom. The van der Waals surface area contributed by atoms with Crippen molar-refractivity contribution in [2.75, 3.05) is 46.5 Å². The van der Waals surface area contributed by atoms with Crippen molar-refractivity contribution in [2.45, 2.75) is 6.42 Å². The Hall–Kier alpha value is -0.370. The molecule has 0 aromatic carbocycles. The lowest BCUT2D eigenvalue weighted by Crippen LogP contribution is -2.32. The van der Waals surface area contributed by atoms with Gasteiger partial charge in [-0.2, -0.15) is 4.91 Å². The topological polar surface area (TPSA) is 109 Å². The number of hydrogen-bond donors (Lipinski definition) is 2. The number of nitrogens with zero attached hydrogens (tertiary/aromatic N) is 2. The van der Waals surface area contributed by atoms with Gasteiger partial charge in [-0.15, -0.1) is 0 Å². The Morgan fingerprint density at radius 1 is 1.24 bits per heavy atom. The first-order chi connectivity index (χ1) is 7.99. The van der Waals surface area contributed by atoms with Crippen LogP contribution in [0.25, 0.3) is 0 Å². The van der Waals surface area contributed by atoms with Crippen LogP contribution in [0.1, 0.15) is 6.42 Å². The van der Waals surface area contributed by atoms with E-state index in [0.29, 0.717) is 32.7 Å². The summed E-state index contributed by atoms with van der Waals surface area (Å²) in [5.41, 5.74) is 0. The maximum Gasteiger partial charge on any atom is 0.469 e. The molecule has 0 saturated carbocycles. The molecule has 0 radical (unpaired) electrons. The lowest BCUT2D eigenvalue weighted by atomic mass is 10.3. The molecule has 0 amide bonds. The van der Waals surface area contributed by atoms with Crippen molar-refractivity contribution < 1.29 is 23.6 Å². The van der Waals surface area contributed by atoms with Gasteiger partial charge in [-0.1, -0.05) is 5.18 Å². The third-order valence-electron chi connectivity index (χ3n) is 2.00. The van der Waals surface area contributed by atoms with Gasteiger partial charge in [0.05, 0.1) is 19.8 Å². The molecule has 0 aromatic heterocycles. The number of rotatable bonds is 11. The summed E-state index contributed by atoms with van der Waals surface area (Å²) in [6.45, 7) is 2.25. The minimum absolute atomic E-state index is 0.0670. The van der Waals surface area contributed by atoms with E-state index in [1.807, 2.05) is 4.90 Å². The first-order valence-corrected chi connectivity index (χ1v) is 6.73. The number of phosphoric ester groups is 1. The van der Waals surface area contributed by atoms with Crippen molar-refractivity contribution in [1.29, 1.82) is 0 Å². The van der Waals surface area contributed by atoms with Gasteiger partial charge in [-0.3, -0.25) is 9.42 Å². The van der Waals surface area contributed by atoms with Crippen LogP contribution in [0.3, 0.4) is 0 Å². The fourth-order valence-corrected chi connectivity index (χ4v) is 1.52. The van der Waals surface area contributed by atoms with Gasteiger partial charge in [0.2, 0.25) is 0 Å². The molecular formula is C8H19N2O6P. The standard InChI is InChI=1S/C8H19N2O6P/c1-15-7-5-10(4-2-3-9-11)6-8-16-17(12,13)14/h2-8H2,1H3,(H2,12,13,14). The molecule has 0 fully saturated rings. The Balaban J connectivity index is 3.83. The summed E-state index contributed by atoms with van der Waals surface area (Å²) in [5, 5.41) is 2.74. The Kier molecular flexibility index (Phi) is 9.43. The van der Waals surface area contributed by atoms with E-state index in [1.54, 1.807) is 7.11 Å². The fourth-order valence-electron chi connectivity index (χ4n) is 1.20. The molecule has 102 valence electrons. The van der Waals surface area contributed by atoms with Crippen LogP contribution in [0, 0.1) is 4.91 Å². The summed E-state index contributed by atoms with van der Waals surface area (Å²) in [7, 11) is -2.84. The van der Waals surface area contributed by atoms with Gasteiger partial charge in [0, 0.05) is 26.7 Å². The molecule has 0 aliphatic rings. The molecule has 0 atom stereocenters. The van der Waals surface area contributed by atoms with Crippen LogP contribution in [-0.2, 0) is 13.8 Å². The summed E-state index contributed by atoms with van der Waals surface area (Å²) in [6, 6.07) is 0. The van der Waals surface area contributed by atoms with E-state index in [1.165, 1.54) is 0 Å². The van der Waals surface area contributed by atoms with Crippen molar-refractivity contribution in [3.8, 4) is 0 Å². The van der Waals surface area contributed by atoms with Crippen LogP contribution in [-0.4, -0.2) is 61.2 Å². The van der Waals surface area contributed by atoms with Crippen LogP contribution >= 0.6 is 7.82 Å². The highest BCUT2D eigenvalue weighted by Crippen LogP contribution is 2.35. The molecule has 0 heterocycles. The largest absolute Gasteiger partial charge is 0.469 e. The van der Waals surface area contributed by atoms with Crippen molar-refractivity contribution in [3.63, 3.8) is 0 Å². The molecular weight excluding hydrogens is 251 g/mol. The van der Waals surface area contributed by atoms with Gasteiger partial charge in [-0.05, 0) is 6.42 Å². The van der Waals surface area contributed by atoms with Crippen LogP contribution < -0.4 is 0 Å². The molecule has 0 aliphatic heterocycles. The van der Waals surface area contributed by atoms with Crippen LogP contribution in [0.2, 0.25) is 0 Å². The van der Waals surface area contributed by atoms with Gasteiger partial charge in [0.1, 0.15) is 0 Å². The smallest absolute Gasteiger partial charge is 0.383 e. The summed E-state index contributed by atoms with van der Waals surface area (Å²) in [6.07, 6.45) is 0.600. The van der Waals surface area contributed by atoms with Gasteiger partial charge in [0.15, 0.2) is 0 Å². The monoisotopic (exact) mass is 270 g/mol. The van der Waals surface area contributed by atoms with E-state index in [0.717, 1.165) is 0 Å². The lowest BCUT2D eigenvalue weighted by molar-refractivity contribution is 0.123. The van der Waals surface area contributed by atoms with Crippen LogP contribution in [0.15, 0.2) is 5.18 Å². The molecule has 9 heteroatoms. The van der Waals surface area contributed by atoms with E-state index in [9.17, 15) is 9.47 Å². The number of phosphoric acid groups is 1. The second-order valence-electron chi connectivity index (χ2n) is 3.36. The Bertz CT molecular complexity index is 246. The molecule has 2 N–H and O–H groups in total. The van der Waals surface area contributed by atoms with Crippen LogP contribution in [0.4, 0.5) is 0 Å². The minimum Gasteiger partial charge on any atom is -0.383 e. The second-order valence-corrected chi connectivity index (χ2v) is 4.60. The number of nitroso groups, excluding NO2 is 1. The van der Waals surface area contributed by atoms with Gasteiger partial charge in [-0.25, -0.2) is 4.57 Å². The maximum absolute atomic E-state index is 10.5. The average Bonchev–Trinajstić information content (AvgIpc) is 2.23. The second kappa shape index (κ2) is 9.64. The van der Waals surface area contributed by atoms with E-state index in [-0.39, 0.29) is 13.2 Å². The van der Waals surface area contributed by atoms with Crippen molar-refractivity contribution in [3.05, 3.63) is 4.91 Å². The van der Waals surface area contributed by atoms with Gasteiger partial charge < -0.3 is 14.5 Å². The van der Waals surface area contributed by atoms with E-state index < -0.39 is 7.82 Å². The summed E-state index contributed by atoms with van der Waals surface area (Å²) < 4.78 is 19.7. The highest BCUT2D eigenvalue weighted by Gasteiger charge is 2.14. The van der Waals surface area contributed by atoms with Gasteiger partial charge >= 0.3 is 7.82 Å². The van der Waals surface area contributed by atoms with Crippen molar-refractivity contribution in [1.82, 2.24) is 4.90 Å². The third-order valence-corrected chi connectivity index (χ3v) is 2.52. The first-order valence-electron chi connectivity index (χ1n) is 5.20. The third kappa shape index (κ3) is 11.9. The SMILES string of the molecule is COCCN(CCCN=O)CCOP(=O)(O)O. The quantitative estimate of drug-likeness (QED) is 0.313. The predicted molar refractivity (Wildman–Crippen MR) is 61.6 cm³/mol. The summed E-state index contributed by atoms with van der Waals surface area (Å²) in [4.78, 5) is 28.8. The Morgan fingerprint density at radius 2 is 1.88 bits per heavy atom. The summed E-state index contributed by atoms with van der Waals surface area (Å²) in [5.74, 6) is 0. The van der Waals surface area contributed by atoms with Crippen molar-refractivity contribution in [2.24, 2.45) is 5.18 Å². The molecule has 0 bridgehead atoms. The molecule has 0 aliphatic carbocycles. The molecule has 0 saturated heterocycles. The van der Waals surface area contributed by atoms with E-state index in [2.05, 4.69) is 9.70 Å². The summed E-state index contributed by atoms with van der Waals surface area (Å²) >= 11 is 0. The zero-order valence-electron chi connectivity index (χ0n) is 9.82. The predicted octanol–water partition coefficient (Wildman–Crippen LogP) is 0.201. The molecule has 0 aromatic rings. The lowest BCUT2D eigenvalue weighted by Gasteiger charge is -2.21. The van der Waals surface area contributed by atoms with E-state index in [4.69, 9.17) is 14.5 Å². The molecule has 0 rings (SSSR count). The molecule has 0 unspecified atom stereocenters. The number of methoxy groups -OCH3 is 1. The normalized spacial score (nSPS) is 12.0. The first kappa shape index (κ1) is 16.6. The average molecular weight is 270 g/mol. The fraction of sp³-hybridized carbons (Fsp3) is 1.00. The highest BCUT2D eigenvalue weighted by atomic mass is 31.2. The minimum atomic E-state index is -4.41. The maximum atomic E-state index is 10.5. The molecule has 8 nitrogen and oxygen atoms in total. The van der Waals surface area contributed by atoms with E-state index >= 15 is 0 Å². The zero-order chi connectivity index (χ0) is 13.1. The molecule has 0 spiro atoms.